The average molecular weight is 570 g/mol. The van der Waals surface area contributed by atoms with Gasteiger partial charge in [0.05, 0.1) is 10.6 Å². The Morgan fingerprint density at radius 3 is 2.18 bits per heavy atom. The number of anilines is 1. The smallest absolute Gasteiger partial charge is 0.264 e. The zero-order chi connectivity index (χ0) is 28.6. The number of hydrogen-bond acceptors (Lipinski definition) is 4. The largest absolute Gasteiger partial charge is 0.352 e. The third-order valence-corrected chi connectivity index (χ3v) is 8.71. The third kappa shape index (κ3) is 7.83. The first-order valence-corrected chi connectivity index (χ1v) is 14.8. The van der Waals surface area contributed by atoms with Gasteiger partial charge in [-0.1, -0.05) is 73.1 Å². The van der Waals surface area contributed by atoms with Gasteiger partial charge in [-0.3, -0.25) is 13.9 Å². The molecule has 0 aromatic heterocycles. The summed E-state index contributed by atoms with van der Waals surface area (Å²) in [6, 6.07) is 21.7. The Hall–Kier alpha value is -3.36. The van der Waals surface area contributed by atoms with Gasteiger partial charge in [-0.25, -0.2) is 8.42 Å². The maximum Gasteiger partial charge on any atom is 0.264 e. The van der Waals surface area contributed by atoms with Crippen molar-refractivity contribution in [3.05, 3.63) is 95.0 Å². The van der Waals surface area contributed by atoms with Crippen molar-refractivity contribution in [3.63, 3.8) is 0 Å². The van der Waals surface area contributed by atoms with Crippen molar-refractivity contribution in [3.8, 4) is 0 Å². The van der Waals surface area contributed by atoms with Crippen molar-refractivity contribution in [2.24, 2.45) is 0 Å². The molecule has 2 amide bonds. The van der Waals surface area contributed by atoms with Crippen molar-refractivity contribution >= 4 is 39.1 Å². The molecule has 0 saturated carbocycles. The van der Waals surface area contributed by atoms with E-state index in [1.807, 2.05) is 44.2 Å². The number of nitrogens with one attached hydrogen (secondary N) is 1. The lowest BCUT2D eigenvalue weighted by Crippen LogP contribution is -2.53. The second kappa shape index (κ2) is 13.6. The molecule has 7 nitrogen and oxygen atoms in total. The molecule has 0 spiro atoms. The van der Waals surface area contributed by atoms with Crippen LogP contribution in [0.3, 0.4) is 0 Å². The Morgan fingerprint density at radius 1 is 0.949 bits per heavy atom. The Labute approximate surface area is 236 Å². The molecule has 9 heteroatoms. The van der Waals surface area contributed by atoms with Crippen LogP contribution in [0.5, 0.6) is 0 Å². The highest BCUT2D eigenvalue weighted by Gasteiger charge is 2.33. The van der Waals surface area contributed by atoms with Crippen LogP contribution >= 0.6 is 11.6 Å². The second-order valence-corrected chi connectivity index (χ2v) is 11.9. The quantitative estimate of drug-likeness (QED) is 0.324. The first kappa shape index (κ1) is 30.2. The fourth-order valence-corrected chi connectivity index (χ4v) is 5.78. The maximum atomic E-state index is 13.9. The van der Waals surface area contributed by atoms with Crippen LogP contribution in [0.15, 0.2) is 83.8 Å². The lowest BCUT2D eigenvalue weighted by molar-refractivity contribution is -0.139. The zero-order valence-corrected chi connectivity index (χ0v) is 24.4. The van der Waals surface area contributed by atoms with Crippen molar-refractivity contribution < 1.29 is 18.0 Å². The van der Waals surface area contributed by atoms with Crippen molar-refractivity contribution in [2.45, 2.75) is 57.5 Å². The minimum absolute atomic E-state index is 0.0515. The van der Waals surface area contributed by atoms with Crippen LogP contribution < -0.4 is 9.62 Å². The summed E-state index contributed by atoms with van der Waals surface area (Å²) in [4.78, 5) is 28.5. The van der Waals surface area contributed by atoms with Gasteiger partial charge in [-0.05, 0) is 69.0 Å². The summed E-state index contributed by atoms with van der Waals surface area (Å²) < 4.78 is 28.8. The van der Waals surface area contributed by atoms with E-state index in [2.05, 4.69) is 5.32 Å². The molecule has 2 atom stereocenters. The van der Waals surface area contributed by atoms with Gasteiger partial charge in [0, 0.05) is 17.6 Å². The molecule has 3 aromatic carbocycles. The summed E-state index contributed by atoms with van der Waals surface area (Å²) in [5.41, 5.74) is 1.95. The highest BCUT2D eigenvalue weighted by atomic mass is 35.5. The molecule has 39 heavy (non-hydrogen) atoms. The predicted molar refractivity (Wildman–Crippen MR) is 156 cm³/mol. The second-order valence-electron chi connectivity index (χ2n) is 9.57. The van der Waals surface area contributed by atoms with E-state index in [1.54, 1.807) is 44.2 Å². The van der Waals surface area contributed by atoms with Crippen molar-refractivity contribution in [2.75, 3.05) is 17.4 Å². The van der Waals surface area contributed by atoms with Gasteiger partial charge in [0.15, 0.2) is 0 Å². The molecule has 208 valence electrons. The van der Waals surface area contributed by atoms with Gasteiger partial charge in [0.25, 0.3) is 10.0 Å². The van der Waals surface area contributed by atoms with Crippen LogP contribution in [0.2, 0.25) is 5.02 Å². The zero-order valence-electron chi connectivity index (χ0n) is 22.8. The Bertz CT molecular complexity index is 1370. The minimum atomic E-state index is -4.13. The molecule has 0 bridgehead atoms. The number of sulfonamides is 1. The van der Waals surface area contributed by atoms with Crippen LogP contribution in [-0.4, -0.2) is 50.3 Å². The van der Waals surface area contributed by atoms with Crippen LogP contribution in [0, 0.1) is 6.92 Å². The average Bonchev–Trinajstić information content (AvgIpc) is 2.94. The van der Waals surface area contributed by atoms with Gasteiger partial charge in [-0.15, -0.1) is 0 Å². The first-order valence-electron chi connectivity index (χ1n) is 13.0. The molecule has 0 saturated heterocycles. The number of rotatable bonds is 12. The van der Waals surface area contributed by atoms with Crippen LogP contribution in [-0.2, 0) is 26.0 Å². The number of carbonyl (C=O) groups is 2. The number of nitrogens with zero attached hydrogens (tertiary/aromatic N) is 2. The van der Waals surface area contributed by atoms with Gasteiger partial charge in [0.1, 0.15) is 12.6 Å². The molecular formula is C30H36ClN3O4S. The first-order chi connectivity index (χ1) is 18.5. The summed E-state index contributed by atoms with van der Waals surface area (Å²) in [6.45, 7) is 7.05. The number of halogens is 1. The van der Waals surface area contributed by atoms with E-state index < -0.39 is 28.5 Å². The molecule has 0 aliphatic carbocycles. The van der Waals surface area contributed by atoms with E-state index in [9.17, 15) is 18.0 Å². The minimum Gasteiger partial charge on any atom is -0.352 e. The highest BCUT2D eigenvalue weighted by Crippen LogP contribution is 2.29. The molecule has 0 unspecified atom stereocenters. The molecule has 0 heterocycles. The van der Waals surface area contributed by atoms with Crippen LogP contribution in [0.1, 0.15) is 38.3 Å². The van der Waals surface area contributed by atoms with Crippen molar-refractivity contribution in [1.82, 2.24) is 10.2 Å². The molecule has 0 radical (unpaired) electrons. The summed E-state index contributed by atoms with van der Waals surface area (Å²) in [7, 11) is -4.13. The van der Waals surface area contributed by atoms with E-state index in [4.69, 9.17) is 11.6 Å². The van der Waals surface area contributed by atoms with Gasteiger partial charge >= 0.3 is 0 Å². The van der Waals surface area contributed by atoms with E-state index in [1.165, 1.54) is 23.1 Å². The molecule has 3 aromatic rings. The molecule has 0 fully saturated rings. The van der Waals surface area contributed by atoms with Crippen LogP contribution in [0.25, 0.3) is 0 Å². The van der Waals surface area contributed by atoms with E-state index in [0.29, 0.717) is 22.7 Å². The number of amides is 2. The highest BCUT2D eigenvalue weighted by molar-refractivity contribution is 7.92. The molecule has 1 N–H and O–H groups in total. The molecule has 0 aliphatic heterocycles. The normalized spacial score (nSPS) is 12.8. The van der Waals surface area contributed by atoms with Gasteiger partial charge in [-0.2, -0.15) is 0 Å². The topological polar surface area (TPSA) is 86.8 Å². The van der Waals surface area contributed by atoms with Crippen molar-refractivity contribution in [1.29, 1.82) is 0 Å². The predicted octanol–water partition coefficient (Wildman–Crippen LogP) is 5.22. The molecule has 0 aliphatic rings. The number of hydrogen-bond donors (Lipinski definition) is 1. The van der Waals surface area contributed by atoms with E-state index >= 15 is 0 Å². The Balaban J connectivity index is 2.00. The Kier molecular flexibility index (Phi) is 10.5. The summed E-state index contributed by atoms with van der Waals surface area (Å²) in [6.07, 6.45) is 1.25. The maximum absolute atomic E-state index is 13.9. The summed E-state index contributed by atoms with van der Waals surface area (Å²) in [5, 5.41) is 3.28. The lowest BCUT2D eigenvalue weighted by atomic mass is 10.1. The molecular weight excluding hydrogens is 534 g/mol. The lowest BCUT2D eigenvalue weighted by Gasteiger charge is -2.33. The SMILES string of the molecule is CC[C@@H](C)NC(=O)[C@H](C)N(CCc1ccccc1)C(=O)CN(c1cc(Cl)ccc1C)S(=O)(=O)c1ccccc1. The third-order valence-electron chi connectivity index (χ3n) is 6.70. The Morgan fingerprint density at radius 2 is 1.56 bits per heavy atom. The van der Waals surface area contributed by atoms with Crippen LogP contribution in [0.4, 0.5) is 5.69 Å². The van der Waals surface area contributed by atoms with E-state index in [0.717, 1.165) is 16.3 Å². The number of carbonyl (C=O) groups excluding carboxylic acids is 2. The standard InChI is InChI=1S/C30H36ClN3O4S/c1-5-23(3)32-30(36)24(4)33(19-18-25-12-8-6-9-13-25)29(35)21-34(28-20-26(31)17-16-22(28)2)39(37,38)27-14-10-7-11-15-27/h6-17,20,23-24H,5,18-19,21H2,1-4H3,(H,32,36)/t23-,24+/m1/s1. The van der Waals surface area contributed by atoms with Gasteiger partial charge in [0.2, 0.25) is 11.8 Å². The monoisotopic (exact) mass is 569 g/mol. The fourth-order valence-electron chi connectivity index (χ4n) is 4.12. The fraction of sp³-hybridized carbons (Fsp3) is 0.333. The van der Waals surface area contributed by atoms with Gasteiger partial charge < -0.3 is 10.2 Å². The summed E-state index contributed by atoms with van der Waals surface area (Å²) >= 11 is 6.26. The van der Waals surface area contributed by atoms with E-state index in [-0.39, 0.29) is 23.4 Å². The number of aryl methyl sites for hydroxylation is 1. The molecule has 3 rings (SSSR count). The number of benzene rings is 3. The summed E-state index contributed by atoms with van der Waals surface area (Å²) in [5.74, 6) is -0.779.